The summed E-state index contributed by atoms with van der Waals surface area (Å²) >= 11 is 0. The molecule has 0 aliphatic rings. The molecule has 0 fully saturated rings. The van der Waals surface area contributed by atoms with Crippen molar-refractivity contribution in [3.63, 3.8) is 0 Å². The lowest BCUT2D eigenvalue weighted by Crippen LogP contribution is -1.93. The predicted octanol–water partition coefficient (Wildman–Crippen LogP) is 18.7. The van der Waals surface area contributed by atoms with Crippen LogP contribution in [0, 0.1) is 0 Å². The van der Waals surface area contributed by atoms with Crippen molar-refractivity contribution in [2.45, 2.75) is 283 Å². The molecule has 0 aromatic heterocycles. The monoisotopic (exact) mass is 708 g/mol. The number of hydrogen-bond donors (Lipinski definition) is 0. The zero-order chi connectivity index (χ0) is 35.6. The molecular formula is C48H100P+. The standard InChI is InChI=1S/C48H100P/c1-5-6-7-8-9-10-11-12-13-14-15-16-17-18-19-20-21-22-23-24-25-26-27-28-29-30-31-32-33-34-35-36-37-38-39-40-41-42-43-44-45-46-47-48-49(2,3)4/h5-48H2,1-4H3/q+1. The Morgan fingerprint density at radius 3 is 0.429 bits per heavy atom. The Labute approximate surface area is 315 Å². The lowest BCUT2D eigenvalue weighted by molar-refractivity contribution is 0.509. The first-order valence-electron chi connectivity index (χ1n) is 23.9. The molecule has 0 spiro atoms. The van der Waals surface area contributed by atoms with Crippen molar-refractivity contribution in [1.82, 2.24) is 0 Å². The van der Waals surface area contributed by atoms with Gasteiger partial charge in [0.25, 0.3) is 0 Å². The molecule has 0 aromatic rings. The second-order valence-electron chi connectivity index (χ2n) is 17.9. The third-order valence-corrected chi connectivity index (χ3v) is 13.1. The van der Waals surface area contributed by atoms with E-state index in [0.29, 0.717) is 0 Å². The lowest BCUT2D eigenvalue weighted by atomic mass is 10.0. The van der Waals surface area contributed by atoms with E-state index in [2.05, 4.69) is 26.9 Å². The van der Waals surface area contributed by atoms with Crippen LogP contribution < -0.4 is 0 Å². The van der Waals surface area contributed by atoms with E-state index in [1.54, 1.807) is 0 Å². The van der Waals surface area contributed by atoms with Crippen LogP contribution in [0.4, 0.5) is 0 Å². The third-order valence-electron chi connectivity index (χ3n) is 11.4. The van der Waals surface area contributed by atoms with Crippen LogP contribution in [-0.4, -0.2) is 26.2 Å². The second-order valence-corrected chi connectivity index (χ2v) is 22.9. The molecule has 0 nitrogen and oxygen atoms in total. The van der Waals surface area contributed by atoms with Crippen LogP contribution in [0.5, 0.6) is 0 Å². The summed E-state index contributed by atoms with van der Waals surface area (Å²) in [5, 5.41) is 0. The van der Waals surface area contributed by atoms with Crippen LogP contribution in [0.25, 0.3) is 0 Å². The van der Waals surface area contributed by atoms with Crippen LogP contribution >= 0.6 is 7.26 Å². The zero-order valence-corrected chi connectivity index (χ0v) is 36.5. The minimum Gasteiger partial charge on any atom is -0.0654 e. The van der Waals surface area contributed by atoms with Gasteiger partial charge in [-0.25, -0.2) is 0 Å². The van der Waals surface area contributed by atoms with Crippen LogP contribution in [0.2, 0.25) is 0 Å². The first-order chi connectivity index (χ1) is 24.1. The fourth-order valence-corrected chi connectivity index (χ4v) is 9.08. The van der Waals surface area contributed by atoms with E-state index < -0.39 is 7.26 Å². The highest BCUT2D eigenvalue weighted by molar-refractivity contribution is 7.73. The van der Waals surface area contributed by atoms with Crippen molar-refractivity contribution in [2.24, 2.45) is 0 Å². The highest BCUT2D eigenvalue weighted by atomic mass is 31.2. The normalized spacial score (nSPS) is 12.0. The van der Waals surface area contributed by atoms with Gasteiger partial charge in [0.05, 0.1) is 6.16 Å². The fourth-order valence-electron chi connectivity index (χ4n) is 7.91. The van der Waals surface area contributed by atoms with Gasteiger partial charge in [0.2, 0.25) is 0 Å². The average molecular weight is 708 g/mol. The SMILES string of the molecule is CCCCCCCCCCCCCCCCCCCCCCCCCCCCCCCCCCCCCCCCCCCCC[P+](C)(C)C. The molecule has 0 saturated carbocycles. The molecule has 1 heteroatoms. The van der Waals surface area contributed by atoms with E-state index in [1.165, 1.54) is 282 Å². The Hall–Kier alpha value is 0.430. The maximum Gasteiger partial charge on any atom is 0.0586 e. The molecule has 0 aliphatic heterocycles. The van der Waals surface area contributed by atoms with Crippen molar-refractivity contribution in [3.05, 3.63) is 0 Å². The first kappa shape index (κ1) is 49.4. The Morgan fingerprint density at radius 1 is 0.184 bits per heavy atom. The zero-order valence-electron chi connectivity index (χ0n) is 35.6. The molecule has 0 unspecified atom stereocenters. The summed E-state index contributed by atoms with van der Waals surface area (Å²) < 4.78 is 0. The van der Waals surface area contributed by atoms with Crippen molar-refractivity contribution in [2.75, 3.05) is 26.2 Å². The van der Waals surface area contributed by atoms with Gasteiger partial charge in [-0.2, -0.15) is 0 Å². The summed E-state index contributed by atoms with van der Waals surface area (Å²) in [4.78, 5) is 0. The quantitative estimate of drug-likeness (QED) is 0.0437. The van der Waals surface area contributed by atoms with Gasteiger partial charge >= 0.3 is 0 Å². The predicted molar refractivity (Wildman–Crippen MR) is 234 cm³/mol. The van der Waals surface area contributed by atoms with E-state index in [1.807, 2.05) is 0 Å². The number of unbranched alkanes of at least 4 members (excludes halogenated alkanes) is 42. The summed E-state index contributed by atoms with van der Waals surface area (Å²) in [6.07, 6.45) is 65.6. The van der Waals surface area contributed by atoms with Crippen molar-refractivity contribution in [1.29, 1.82) is 0 Å². The Bertz CT molecular complexity index is 562. The minimum absolute atomic E-state index is 0.523. The summed E-state index contributed by atoms with van der Waals surface area (Å²) in [7, 11) is -0.523. The summed E-state index contributed by atoms with van der Waals surface area (Å²) in [6, 6.07) is 0. The van der Waals surface area contributed by atoms with Crippen LogP contribution in [-0.2, 0) is 0 Å². The van der Waals surface area contributed by atoms with Crippen molar-refractivity contribution >= 4 is 7.26 Å². The largest absolute Gasteiger partial charge is 0.0654 e. The molecule has 49 heavy (non-hydrogen) atoms. The first-order valence-corrected chi connectivity index (χ1v) is 27.2. The van der Waals surface area contributed by atoms with Gasteiger partial charge in [-0.05, 0) is 12.8 Å². The van der Waals surface area contributed by atoms with E-state index >= 15 is 0 Å². The van der Waals surface area contributed by atoms with Gasteiger partial charge in [-0.3, -0.25) is 0 Å². The average Bonchev–Trinajstić information content (AvgIpc) is 3.08. The van der Waals surface area contributed by atoms with E-state index in [9.17, 15) is 0 Å². The molecule has 0 saturated heterocycles. The fraction of sp³-hybridized carbons (Fsp3) is 1.00. The maximum atomic E-state index is 2.49. The molecule has 296 valence electrons. The maximum absolute atomic E-state index is 2.49. The minimum atomic E-state index is -0.523. The molecule has 0 rings (SSSR count). The topological polar surface area (TPSA) is 0 Å². The van der Waals surface area contributed by atoms with Crippen LogP contribution in [0.15, 0.2) is 0 Å². The Kier molecular flexibility index (Phi) is 43.2. The van der Waals surface area contributed by atoms with Gasteiger partial charge in [-0.15, -0.1) is 0 Å². The van der Waals surface area contributed by atoms with Crippen molar-refractivity contribution in [3.8, 4) is 0 Å². The Balaban J connectivity index is 3.06. The van der Waals surface area contributed by atoms with Gasteiger partial charge in [0.1, 0.15) is 0 Å². The van der Waals surface area contributed by atoms with E-state index in [-0.39, 0.29) is 0 Å². The highest BCUT2D eigenvalue weighted by Gasteiger charge is 2.15. The second kappa shape index (κ2) is 42.8. The molecule has 0 heterocycles. The molecule has 0 amide bonds. The molecular weight excluding hydrogens is 608 g/mol. The molecule has 0 N–H and O–H groups in total. The van der Waals surface area contributed by atoms with E-state index in [0.717, 1.165) is 0 Å². The molecule has 0 aromatic carbocycles. The Morgan fingerprint density at radius 2 is 0.306 bits per heavy atom. The van der Waals surface area contributed by atoms with Crippen LogP contribution in [0.3, 0.4) is 0 Å². The van der Waals surface area contributed by atoms with Crippen LogP contribution in [0.1, 0.15) is 283 Å². The summed E-state index contributed by atoms with van der Waals surface area (Å²) in [5.74, 6) is 0. The lowest BCUT2D eigenvalue weighted by Gasteiger charge is -2.10. The molecule has 0 atom stereocenters. The summed E-state index contributed by atoms with van der Waals surface area (Å²) in [5.41, 5.74) is 0. The van der Waals surface area contributed by atoms with Crippen molar-refractivity contribution < 1.29 is 0 Å². The molecule has 0 radical (unpaired) electrons. The molecule has 0 aliphatic carbocycles. The van der Waals surface area contributed by atoms with Gasteiger partial charge in [-0.1, -0.05) is 270 Å². The highest BCUT2D eigenvalue weighted by Crippen LogP contribution is 2.47. The smallest absolute Gasteiger partial charge is 0.0586 e. The number of hydrogen-bond acceptors (Lipinski definition) is 0. The number of rotatable bonds is 44. The van der Waals surface area contributed by atoms with Gasteiger partial charge in [0, 0.05) is 27.3 Å². The van der Waals surface area contributed by atoms with Gasteiger partial charge in [0.15, 0.2) is 0 Å². The van der Waals surface area contributed by atoms with Gasteiger partial charge < -0.3 is 0 Å². The third kappa shape index (κ3) is 48.4. The molecule has 0 bridgehead atoms. The van der Waals surface area contributed by atoms with E-state index in [4.69, 9.17) is 0 Å². The summed E-state index contributed by atoms with van der Waals surface area (Å²) in [6.45, 7) is 9.77.